The first-order chi connectivity index (χ1) is 6.48. The SMILES string of the molecule is COc1cc(C(F)(F)C(=O)O)ccn1. The molecule has 0 aliphatic heterocycles. The number of carbonyl (C=O) groups is 1. The lowest BCUT2D eigenvalue weighted by atomic mass is 10.1. The van der Waals surface area contributed by atoms with Crippen LogP contribution in [0.15, 0.2) is 18.3 Å². The van der Waals surface area contributed by atoms with E-state index < -0.39 is 17.5 Å². The number of halogens is 2. The number of pyridine rings is 1. The minimum absolute atomic E-state index is 0.0524. The first kappa shape index (κ1) is 10.4. The number of aliphatic carboxylic acids is 1. The third-order valence-electron chi connectivity index (χ3n) is 1.58. The van der Waals surface area contributed by atoms with E-state index in [-0.39, 0.29) is 5.88 Å². The van der Waals surface area contributed by atoms with Crippen molar-refractivity contribution in [2.45, 2.75) is 5.92 Å². The molecule has 76 valence electrons. The van der Waals surface area contributed by atoms with Crippen LogP contribution in [0.3, 0.4) is 0 Å². The van der Waals surface area contributed by atoms with Gasteiger partial charge in [0.25, 0.3) is 0 Å². The number of methoxy groups -OCH3 is 1. The van der Waals surface area contributed by atoms with E-state index in [1.807, 2.05) is 0 Å². The second-order valence-corrected chi connectivity index (χ2v) is 2.47. The minimum atomic E-state index is -3.92. The van der Waals surface area contributed by atoms with Gasteiger partial charge in [0.05, 0.1) is 7.11 Å². The normalized spacial score (nSPS) is 11.1. The van der Waals surface area contributed by atoms with E-state index >= 15 is 0 Å². The molecule has 6 heteroatoms. The lowest BCUT2D eigenvalue weighted by Crippen LogP contribution is -2.25. The molecule has 1 rings (SSSR count). The molecule has 0 saturated heterocycles. The summed E-state index contributed by atoms with van der Waals surface area (Å²) in [4.78, 5) is 13.8. The number of carboxylic acids is 1. The average Bonchev–Trinajstić information content (AvgIpc) is 2.17. The van der Waals surface area contributed by atoms with Gasteiger partial charge in [0, 0.05) is 17.8 Å². The summed E-state index contributed by atoms with van der Waals surface area (Å²) in [6.07, 6.45) is 1.06. The Balaban J connectivity index is 3.12. The predicted octanol–water partition coefficient (Wildman–Crippen LogP) is 1.27. The maximum atomic E-state index is 12.9. The van der Waals surface area contributed by atoms with Gasteiger partial charge in [0.15, 0.2) is 0 Å². The third-order valence-corrected chi connectivity index (χ3v) is 1.58. The Labute approximate surface area is 78.1 Å². The fourth-order valence-electron chi connectivity index (χ4n) is 0.840. The Morgan fingerprint density at radius 2 is 2.29 bits per heavy atom. The Kier molecular flexibility index (Phi) is 2.64. The summed E-state index contributed by atoms with van der Waals surface area (Å²) in [5.74, 6) is -6.18. The molecule has 0 fully saturated rings. The highest BCUT2D eigenvalue weighted by atomic mass is 19.3. The minimum Gasteiger partial charge on any atom is -0.481 e. The molecule has 14 heavy (non-hydrogen) atoms. The van der Waals surface area contributed by atoms with Gasteiger partial charge in [-0.05, 0) is 6.07 Å². The van der Waals surface area contributed by atoms with Crippen LogP contribution in [0.2, 0.25) is 0 Å². The van der Waals surface area contributed by atoms with Gasteiger partial charge in [-0.2, -0.15) is 8.78 Å². The number of hydrogen-bond donors (Lipinski definition) is 1. The van der Waals surface area contributed by atoms with E-state index in [0.717, 1.165) is 18.3 Å². The molecule has 0 spiro atoms. The van der Waals surface area contributed by atoms with Crippen LogP contribution >= 0.6 is 0 Å². The van der Waals surface area contributed by atoms with Crippen LogP contribution in [0, 0.1) is 0 Å². The average molecular weight is 203 g/mol. The van der Waals surface area contributed by atoms with Gasteiger partial charge in [0.2, 0.25) is 5.88 Å². The first-order valence-electron chi connectivity index (χ1n) is 3.60. The molecule has 1 aromatic rings. The Bertz CT molecular complexity index is 354. The van der Waals surface area contributed by atoms with Crippen LogP contribution in [0.4, 0.5) is 8.78 Å². The largest absolute Gasteiger partial charge is 0.481 e. The zero-order valence-electron chi connectivity index (χ0n) is 7.20. The quantitative estimate of drug-likeness (QED) is 0.803. The van der Waals surface area contributed by atoms with Crippen LogP contribution in [0.1, 0.15) is 5.56 Å². The van der Waals surface area contributed by atoms with Crippen LogP contribution < -0.4 is 4.74 Å². The molecule has 0 aliphatic rings. The third kappa shape index (κ3) is 1.78. The topological polar surface area (TPSA) is 59.4 Å². The second kappa shape index (κ2) is 3.57. The lowest BCUT2D eigenvalue weighted by Gasteiger charge is -2.11. The first-order valence-corrected chi connectivity index (χ1v) is 3.60. The summed E-state index contributed by atoms with van der Waals surface area (Å²) >= 11 is 0. The Morgan fingerprint density at radius 3 is 2.79 bits per heavy atom. The molecule has 0 saturated carbocycles. The van der Waals surface area contributed by atoms with E-state index in [0.29, 0.717) is 0 Å². The van der Waals surface area contributed by atoms with Crippen LogP contribution in [0.5, 0.6) is 5.88 Å². The van der Waals surface area contributed by atoms with E-state index in [4.69, 9.17) is 5.11 Å². The van der Waals surface area contributed by atoms with E-state index in [2.05, 4.69) is 9.72 Å². The zero-order chi connectivity index (χ0) is 10.8. The number of ether oxygens (including phenoxy) is 1. The van der Waals surface area contributed by atoms with Gasteiger partial charge in [0.1, 0.15) is 0 Å². The fourth-order valence-corrected chi connectivity index (χ4v) is 0.840. The van der Waals surface area contributed by atoms with E-state index in [1.165, 1.54) is 7.11 Å². The molecule has 0 unspecified atom stereocenters. The van der Waals surface area contributed by atoms with Gasteiger partial charge in [-0.1, -0.05) is 0 Å². The molecule has 1 aromatic heterocycles. The van der Waals surface area contributed by atoms with Crippen LogP contribution in [-0.4, -0.2) is 23.2 Å². The van der Waals surface area contributed by atoms with Crippen LogP contribution in [-0.2, 0) is 10.7 Å². The van der Waals surface area contributed by atoms with Crippen molar-refractivity contribution in [3.8, 4) is 5.88 Å². The highest BCUT2D eigenvalue weighted by Gasteiger charge is 2.41. The highest BCUT2D eigenvalue weighted by molar-refractivity contribution is 5.77. The summed E-state index contributed by atoms with van der Waals surface area (Å²) in [5, 5.41) is 8.25. The van der Waals surface area contributed by atoms with Gasteiger partial charge in [-0.3, -0.25) is 0 Å². The summed E-state index contributed by atoms with van der Waals surface area (Å²) in [7, 11) is 1.25. The van der Waals surface area contributed by atoms with Gasteiger partial charge >= 0.3 is 11.9 Å². The monoisotopic (exact) mass is 203 g/mol. The maximum absolute atomic E-state index is 12.9. The molecule has 0 aliphatic carbocycles. The Hall–Kier alpha value is -1.72. The zero-order valence-corrected chi connectivity index (χ0v) is 7.20. The second-order valence-electron chi connectivity index (χ2n) is 2.47. The smallest absolute Gasteiger partial charge is 0.379 e. The molecule has 0 aromatic carbocycles. The molecule has 1 N–H and O–H groups in total. The van der Waals surface area contributed by atoms with Crippen molar-refractivity contribution in [1.29, 1.82) is 0 Å². The van der Waals surface area contributed by atoms with Gasteiger partial charge in [-0.25, -0.2) is 9.78 Å². The van der Waals surface area contributed by atoms with Crippen molar-refractivity contribution < 1.29 is 23.4 Å². The summed E-state index contributed by atoms with van der Waals surface area (Å²) < 4.78 is 30.4. The van der Waals surface area contributed by atoms with Gasteiger partial charge in [-0.15, -0.1) is 0 Å². The molecular weight excluding hydrogens is 196 g/mol. The van der Waals surface area contributed by atoms with Crippen molar-refractivity contribution in [1.82, 2.24) is 4.98 Å². The molecule has 1 heterocycles. The number of alkyl halides is 2. The van der Waals surface area contributed by atoms with Crippen LogP contribution in [0.25, 0.3) is 0 Å². The number of carboxylic acid groups (broad SMARTS) is 1. The van der Waals surface area contributed by atoms with E-state index in [9.17, 15) is 13.6 Å². The predicted molar refractivity (Wildman–Crippen MR) is 42.3 cm³/mol. The number of aromatic nitrogens is 1. The molecule has 0 atom stereocenters. The summed E-state index contributed by atoms with van der Waals surface area (Å²) in [6, 6.07) is 1.81. The molecule has 0 radical (unpaired) electrons. The van der Waals surface area contributed by atoms with Crippen molar-refractivity contribution in [2.75, 3.05) is 7.11 Å². The molecule has 0 bridgehead atoms. The Morgan fingerprint density at radius 1 is 1.64 bits per heavy atom. The number of nitrogens with zero attached hydrogens (tertiary/aromatic N) is 1. The summed E-state index contributed by atoms with van der Waals surface area (Å²) in [6.45, 7) is 0. The van der Waals surface area contributed by atoms with E-state index in [1.54, 1.807) is 0 Å². The summed E-state index contributed by atoms with van der Waals surface area (Å²) in [5.41, 5.74) is -0.656. The number of rotatable bonds is 3. The molecule has 0 amide bonds. The number of hydrogen-bond acceptors (Lipinski definition) is 3. The van der Waals surface area contributed by atoms with Crippen molar-refractivity contribution in [2.24, 2.45) is 0 Å². The molecular formula is C8H7F2NO3. The van der Waals surface area contributed by atoms with Crippen molar-refractivity contribution in [3.05, 3.63) is 23.9 Å². The van der Waals surface area contributed by atoms with Crippen molar-refractivity contribution in [3.63, 3.8) is 0 Å². The lowest BCUT2D eigenvalue weighted by molar-refractivity contribution is -0.166. The fraction of sp³-hybridized carbons (Fsp3) is 0.250. The standard InChI is InChI=1S/C8H7F2NO3/c1-14-6-4-5(2-3-11-6)8(9,10)7(12)13/h2-4H,1H3,(H,12,13). The molecule has 4 nitrogen and oxygen atoms in total. The van der Waals surface area contributed by atoms with Crippen molar-refractivity contribution >= 4 is 5.97 Å². The maximum Gasteiger partial charge on any atom is 0.379 e. The highest BCUT2D eigenvalue weighted by Crippen LogP contribution is 2.29. The van der Waals surface area contributed by atoms with Gasteiger partial charge < -0.3 is 9.84 Å².